The molecular formula is C30H33ClFN3O4S. The minimum Gasteiger partial charge on any atom is -0.352 e. The Morgan fingerprint density at radius 1 is 0.975 bits per heavy atom. The standard InChI is InChI=1S/C30H33ClFN3O4S/c1-21-7-17-28(18-8-21)40(38,39)35(27-15-13-25(32)14-16-27)20-29(36)34(19-23-9-11-24(31)12-10-23)22(2)30(37)33-26-5-3-4-6-26/h7-18,22,26H,3-6,19-20H2,1-2H3,(H,33,37)/t22-/m0/s1. The molecule has 0 heterocycles. The van der Waals surface area contributed by atoms with Gasteiger partial charge in [-0.3, -0.25) is 13.9 Å². The lowest BCUT2D eigenvalue weighted by Crippen LogP contribution is -2.52. The summed E-state index contributed by atoms with van der Waals surface area (Å²) in [6, 6.07) is 17.2. The second kappa shape index (κ2) is 12.8. The third-order valence-corrected chi connectivity index (χ3v) is 9.18. The van der Waals surface area contributed by atoms with Crippen LogP contribution in [-0.2, 0) is 26.2 Å². The summed E-state index contributed by atoms with van der Waals surface area (Å²) < 4.78 is 42.3. The summed E-state index contributed by atoms with van der Waals surface area (Å²) in [6.45, 7) is 2.95. The van der Waals surface area contributed by atoms with Crippen LogP contribution in [0.3, 0.4) is 0 Å². The first-order valence-corrected chi connectivity index (χ1v) is 15.1. The van der Waals surface area contributed by atoms with Crippen molar-refractivity contribution in [1.29, 1.82) is 0 Å². The second-order valence-corrected chi connectivity index (χ2v) is 12.4. The Morgan fingerprint density at radius 2 is 1.57 bits per heavy atom. The molecule has 0 aliphatic heterocycles. The maximum Gasteiger partial charge on any atom is 0.264 e. The van der Waals surface area contributed by atoms with Gasteiger partial charge in [0.2, 0.25) is 11.8 Å². The molecule has 0 bridgehead atoms. The highest BCUT2D eigenvalue weighted by atomic mass is 35.5. The number of hydrogen-bond acceptors (Lipinski definition) is 4. The molecule has 212 valence electrons. The van der Waals surface area contributed by atoms with Crippen LogP contribution in [0.15, 0.2) is 77.7 Å². The molecule has 1 aliphatic rings. The third-order valence-electron chi connectivity index (χ3n) is 7.14. The minimum absolute atomic E-state index is 0.00787. The number of benzene rings is 3. The number of carbonyl (C=O) groups excluding carboxylic acids is 2. The zero-order valence-corrected chi connectivity index (χ0v) is 24.1. The van der Waals surface area contributed by atoms with E-state index in [0.717, 1.165) is 53.2 Å². The Hall–Kier alpha value is -3.43. The molecular weight excluding hydrogens is 553 g/mol. The summed E-state index contributed by atoms with van der Waals surface area (Å²) in [7, 11) is -4.21. The Bertz CT molecular complexity index is 1430. The van der Waals surface area contributed by atoms with Crippen LogP contribution in [0.1, 0.15) is 43.7 Å². The molecule has 2 amide bonds. The first-order chi connectivity index (χ1) is 19.0. The number of halogens is 2. The van der Waals surface area contributed by atoms with E-state index in [-0.39, 0.29) is 29.1 Å². The van der Waals surface area contributed by atoms with Gasteiger partial charge >= 0.3 is 0 Å². The molecule has 3 aromatic rings. The Morgan fingerprint density at radius 3 is 2.17 bits per heavy atom. The Kier molecular flexibility index (Phi) is 9.48. The third kappa shape index (κ3) is 7.20. The zero-order chi connectivity index (χ0) is 28.9. The van der Waals surface area contributed by atoms with Gasteiger partial charge in [-0.2, -0.15) is 0 Å². The molecule has 0 unspecified atom stereocenters. The molecule has 10 heteroatoms. The van der Waals surface area contributed by atoms with Crippen molar-refractivity contribution in [3.8, 4) is 0 Å². The molecule has 1 saturated carbocycles. The van der Waals surface area contributed by atoms with E-state index in [4.69, 9.17) is 11.6 Å². The zero-order valence-electron chi connectivity index (χ0n) is 22.5. The van der Waals surface area contributed by atoms with Crippen molar-refractivity contribution in [2.75, 3.05) is 10.8 Å². The van der Waals surface area contributed by atoms with Gasteiger partial charge in [0.1, 0.15) is 18.4 Å². The lowest BCUT2D eigenvalue weighted by molar-refractivity contribution is -0.139. The van der Waals surface area contributed by atoms with Gasteiger partial charge in [-0.15, -0.1) is 0 Å². The fourth-order valence-electron chi connectivity index (χ4n) is 4.73. The van der Waals surface area contributed by atoms with Crippen LogP contribution in [0.25, 0.3) is 0 Å². The number of hydrogen-bond donors (Lipinski definition) is 1. The molecule has 1 fully saturated rings. The van der Waals surface area contributed by atoms with Gasteiger partial charge in [0.25, 0.3) is 10.0 Å². The number of anilines is 1. The lowest BCUT2D eigenvalue weighted by Gasteiger charge is -2.32. The number of rotatable bonds is 10. The number of amides is 2. The summed E-state index contributed by atoms with van der Waals surface area (Å²) in [6.07, 6.45) is 3.85. The highest BCUT2D eigenvalue weighted by Crippen LogP contribution is 2.26. The van der Waals surface area contributed by atoms with Gasteiger partial charge in [-0.25, -0.2) is 12.8 Å². The quantitative estimate of drug-likeness (QED) is 0.342. The first-order valence-electron chi connectivity index (χ1n) is 13.2. The van der Waals surface area contributed by atoms with Crippen LogP contribution in [0.2, 0.25) is 5.02 Å². The van der Waals surface area contributed by atoms with Crippen molar-refractivity contribution in [2.24, 2.45) is 0 Å². The molecule has 4 rings (SSSR count). The maximum absolute atomic E-state index is 13.9. The van der Waals surface area contributed by atoms with E-state index in [2.05, 4.69) is 5.32 Å². The highest BCUT2D eigenvalue weighted by Gasteiger charge is 2.33. The van der Waals surface area contributed by atoms with Crippen LogP contribution in [0.4, 0.5) is 10.1 Å². The average molecular weight is 586 g/mol. The Labute approximate surface area is 240 Å². The minimum atomic E-state index is -4.21. The molecule has 7 nitrogen and oxygen atoms in total. The van der Waals surface area contributed by atoms with E-state index in [9.17, 15) is 22.4 Å². The van der Waals surface area contributed by atoms with Crippen molar-refractivity contribution < 1.29 is 22.4 Å². The molecule has 3 aromatic carbocycles. The van der Waals surface area contributed by atoms with Crippen molar-refractivity contribution in [2.45, 2.75) is 63.1 Å². The fourth-order valence-corrected chi connectivity index (χ4v) is 6.27. The monoisotopic (exact) mass is 585 g/mol. The van der Waals surface area contributed by atoms with Crippen LogP contribution in [-0.4, -0.2) is 43.8 Å². The van der Waals surface area contributed by atoms with E-state index in [0.29, 0.717) is 5.02 Å². The van der Waals surface area contributed by atoms with Crippen LogP contribution in [0.5, 0.6) is 0 Å². The van der Waals surface area contributed by atoms with E-state index in [1.165, 1.54) is 29.2 Å². The lowest BCUT2D eigenvalue weighted by atomic mass is 10.1. The van der Waals surface area contributed by atoms with Crippen molar-refractivity contribution in [3.63, 3.8) is 0 Å². The summed E-state index contributed by atoms with van der Waals surface area (Å²) in [4.78, 5) is 28.5. The van der Waals surface area contributed by atoms with Gasteiger partial charge in [0.05, 0.1) is 10.6 Å². The first kappa shape index (κ1) is 29.6. The molecule has 40 heavy (non-hydrogen) atoms. The summed E-state index contributed by atoms with van der Waals surface area (Å²) in [5.74, 6) is -1.42. The summed E-state index contributed by atoms with van der Waals surface area (Å²) in [5, 5.41) is 3.56. The summed E-state index contributed by atoms with van der Waals surface area (Å²) >= 11 is 6.04. The fraction of sp³-hybridized carbons (Fsp3) is 0.333. The topological polar surface area (TPSA) is 86.8 Å². The predicted octanol–water partition coefficient (Wildman–Crippen LogP) is 5.46. The predicted molar refractivity (Wildman–Crippen MR) is 154 cm³/mol. The maximum atomic E-state index is 13.9. The van der Waals surface area contributed by atoms with Gasteiger partial charge < -0.3 is 10.2 Å². The molecule has 0 spiro atoms. The van der Waals surface area contributed by atoms with E-state index in [1.807, 2.05) is 6.92 Å². The van der Waals surface area contributed by atoms with Crippen molar-refractivity contribution in [3.05, 3.63) is 94.8 Å². The molecule has 0 radical (unpaired) electrons. The van der Waals surface area contributed by atoms with Gasteiger partial charge in [0, 0.05) is 17.6 Å². The average Bonchev–Trinajstić information content (AvgIpc) is 3.44. The number of nitrogens with zero attached hydrogens (tertiary/aromatic N) is 2. The summed E-state index contributed by atoms with van der Waals surface area (Å²) in [5.41, 5.74) is 1.73. The largest absolute Gasteiger partial charge is 0.352 e. The van der Waals surface area contributed by atoms with Gasteiger partial charge in [0.15, 0.2) is 0 Å². The normalized spacial score (nSPS) is 14.5. The molecule has 1 aliphatic carbocycles. The second-order valence-electron chi connectivity index (χ2n) is 10.1. The van der Waals surface area contributed by atoms with E-state index < -0.39 is 34.3 Å². The Balaban J connectivity index is 1.67. The number of aryl methyl sites for hydroxylation is 1. The van der Waals surface area contributed by atoms with Crippen molar-refractivity contribution >= 4 is 39.1 Å². The van der Waals surface area contributed by atoms with E-state index >= 15 is 0 Å². The molecule has 1 N–H and O–H groups in total. The highest BCUT2D eigenvalue weighted by molar-refractivity contribution is 7.92. The smallest absolute Gasteiger partial charge is 0.264 e. The molecule has 0 aromatic heterocycles. The number of carbonyl (C=O) groups is 2. The van der Waals surface area contributed by atoms with Crippen LogP contribution >= 0.6 is 11.6 Å². The SMILES string of the molecule is Cc1ccc(S(=O)(=O)N(CC(=O)N(Cc2ccc(Cl)cc2)[C@@H](C)C(=O)NC2CCCC2)c2ccc(F)cc2)cc1. The van der Waals surface area contributed by atoms with Gasteiger partial charge in [-0.1, -0.05) is 54.3 Å². The van der Waals surface area contributed by atoms with Crippen LogP contribution < -0.4 is 9.62 Å². The van der Waals surface area contributed by atoms with Gasteiger partial charge in [-0.05, 0) is 80.8 Å². The molecule has 0 saturated heterocycles. The number of sulfonamides is 1. The van der Waals surface area contributed by atoms with E-state index in [1.54, 1.807) is 43.3 Å². The molecule has 1 atom stereocenters. The van der Waals surface area contributed by atoms with Crippen LogP contribution in [0, 0.1) is 12.7 Å². The van der Waals surface area contributed by atoms with Crippen molar-refractivity contribution in [1.82, 2.24) is 10.2 Å². The number of nitrogens with one attached hydrogen (secondary N) is 1.